The number of H-pyrrole nitrogens is 1. The normalized spacial score (nSPS) is 15.6. The molecule has 3 aromatic rings. The van der Waals surface area contributed by atoms with Crippen molar-refractivity contribution >= 4 is 44.1 Å². The molecule has 28 heavy (non-hydrogen) atoms. The highest BCUT2D eigenvalue weighted by atomic mass is 35.5. The number of anilines is 1. The summed E-state index contributed by atoms with van der Waals surface area (Å²) in [5, 5.41) is 3.84. The predicted molar refractivity (Wildman–Crippen MR) is 110 cm³/mol. The van der Waals surface area contributed by atoms with Gasteiger partial charge in [-0.05, 0) is 37.1 Å². The molecule has 0 unspecified atom stereocenters. The molecule has 0 saturated carbocycles. The zero-order valence-electron chi connectivity index (χ0n) is 15.1. The van der Waals surface area contributed by atoms with E-state index in [0.29, 0.717) is 23.8 Å². The first-order valence-corrected chi connectivity index (χ1v) is 11.0. The SMILES string of the molecule is O=C(Nc1cccc(S(=O)(=O)N2CCCCC2)c1)c1[nH]c2ccccc2c1Cl. The molecule has 0 atom stereocenters. The number of halogens is 1. The molecule has 6 nitrogen and oxygen atoms in total. The number of fused-ring (bicyclic) bond motifs is 1. The van der Waals surface area contributed by atoms with Crippen molar-refractivity contribution in [1.82, 2.24) is 9.29 Å². The number of sulfonamides is 1. The summed E-state index contributed by atoms with van der Waals surface area (Å²) in [5.74, 6) is -0.422. The molecule has 8 heteroatoms. The van der Waals surface area contributed by atoms with E-state index in [1.165, 1.54) is 10.4 Å². The van der Waals surface area contributed by atoms with Crippen molar-refractivity contribution in [1.29, 1.82) is 0 Å². The van der Waals surface area contributed by atoms with Crippen molar-refractivity contribution < 1.29 is 13.2 Å². The Bertz CT molecular complexity index is 1130. The summed E-state index contributed by atoms with van der Waals surface area (Å²) in [4.78, 5) is 15.9. The van der Waals surface area contributed by atoms with E-state index in [4.69, 9.17) is 11.6 Å². The molecule has 1 amide bonds. The van der Waals surface area contributed by atoms with Crippen molar-refractivity contribution in [2.45, 2.75) is 24.2 Å². The van der Waals surface area contributed by atoms with E-state index in [0.717, 1.165) is 30.2 Å². The number of carbonyl (C=O) groups is 1. The minimum atomic E-state index is -3.57. The Labute approximate surface area is 168 Å². The monoisotopic (exact) mass is 417 g/mol. The Morgan fingerprint density at radius 1 is 1.04 bits per heavy atom. The van der Waals surface area contributed by atoms with Crippen LogP contribution in [-0.2, 0) is 10.0 Å². The second-order valence-electron chi connectivity index (χ2n) is 6.81. The zero-order chi connectivity index (χ0) is 19.7. The molecule has 0 spiro atoms. The second-order valence-corrected chi connectivity index (χ2v) is 9.12. The lowest BCUT2D eigenvalue weighted by Crippen LogP contribution is -2.35. The highest BCUT2D eigenvalue weighted by molar-refractivity contribution is 7.89. The first-order valence-electron chi connectivity index (χ1n) is 9.14. The molecule has 2 aromatic carbocycles. The van der Waals surface area contributed by atoms with E-state index in [2.05, 4.69) is 10.3 Å². The van der Waals surface area contributed by atoms with Crippen molar-refractivity contribution in [3.8, 4) is 0 Å². The quantitative estimate of drug-likeness (QED) is 0.665. The van der Waals surface area contributed by atoms with Gasteiger partial charge in [0.1, 0.15) is 5.69 Å². The van der Waals surface area contributed by atoms with Crippen LogP contribution < -0.4 is 5.32 Å². The predicted octanol–water partition coefficient (Wildman–Crippen LogP) is 4.25. The Morgan fingerprint density at radius 3 is 2.54 bits per heavy atom. The molecule has 2 heterocycles. The van der Waals surface area contributed by atoms with E-state index < -0.39 is 15.9 Å². The van der Waals surface area contributed by atoms with Gasteiger partial charge in [0.05, 0.1) is 9.92 Å². The standard InChI is InChI=1S/C20H20ClN3O3S/c21-18-16-9-2-3-10-17(16)23-19(18)20(25)22-14-7-6-8-15(13-14)28(26,27)24-11-4-1-5-12-24/h2-3,6-10,13,23H,1,4-5,11-12H2,(H,22,25). The Kier molecular flexibility index (Phi) is 5.14. The van der Waals surface area contributed by atoms with Gasteiger partial charge in [-0.3, -0.25) is 4.79 Å². The summed E-state index contributed by atoms with van der Waals surface area (Å²) in [5.41, 5.74) is 1.41. The number of aromatic amines is 1. The molecular weight excluding hydrogens is 398 g/mol. The van der Waals surface area contributed by atoms with Crippen LogP contribution in [0.5, 0.6) is 0 Å². The number of amides is 1. The summed E-state index contributed by atoms with van der Waals surface area (Å²) < 4.78 is 27.2. The number of aromatic nitrogens is 1. The maximum absolute atomic E-state index is 12.9. The number of benzene rings is 2. The second kappa shape index (κ2) is 7.58. The van der Waals surface area contributed by atoms with Crippen LogP contribution in [0.1, 0.15) is 29.8 Å². The molecular formula is C20H20ClN3O3S. The van der Waals surface area contributed by atoms with Gasteiger partial charge in [0.15, 0.2) is 0 Å². The molecule has 1 aromatic heterocycles. The highest BCUT2D eigenvalue weighted by Gasteiger charge is 2.26. The fourth-order valence-corrected chi connectivity index (χ4v) is 5.31. The van der Waals surface area contributed by atoms with Crippen LogP contribution in [0.4, 0.5) is 5.69 Å². The van der Waals surface area contributed by atoms with E-state index in [1.54, 1.807) is 18.2 Å². The molecule has 0 bridgehead atoms. The third-order valence-corrected chi connectivity index (χ3v) is 7.20. The molecule has 146 valence electrons. The summed E-state index contributed by atoms with van der Waals surface area (Å²) in [6.07, 6.45) is 2.79. The van der Waals surface area contributed by atoms with Gasteiger partial charge >= 0.3 is 0 Å². The fourth-order valence-electron chi connectivity index (χ4n) is 3.45. The van der Waals surface area contributed by atoms with Crippen molar-refractivity contribution in [3.63, 3.8) is 0 Å². The van der Waals surface area contributed by atoms with Crippen LogP contribution in [0.2, 0.25) is 5.02 Å². The average Bonchev–Trinajstić information content (AvgIpc) is 3.06. The van der Waals surface area contributed by atoms with Gasteiger partial charge in [0, 0.05) is 29.7 Å². The van der Waals surface area contributed by atoms with Crippen molar-refractivity contribution in [3.05, 3.63) is 59.2 Å². The first-order chi connectivity index (χ1) is 13.5. The highest BCUT2D eigenvalue weighted by Crippen LogP contribution is 2.28. The molecule has 1 saturated heterocycles. The molecule has 2 N–H and O–H groups in total. The number of nitrogens with one attached hydrogen (secondary N) is 2. The molecule has 1 fully saturated rings. The lowest BCUT2D eigenvalue weighted by molar-refractivity contribution is 0.102. The molecule has 1 aliphatic rings. The minimum Gasteiger partial charge on any atom is -0.349 e. The van der Waals surface area contributed by atoms with Crippen LogP contribution >= 0.6 is 11.6 Å². The number of carbonyl (C=O) groups excluding carboxylic acids is 1. The summed E-state index contributed by atoms with van der Waals surface area (Å²) >= 11 is 6.33. The largest absolute Gasteiger partial charge is 0.349 e. The van der Waals surface area contributed by atoms with Gasteiger partial charge in [-0.25, -0.2) is 8.42 Å². The number of rotatable bonds is 4. The maximum Gasteiger partial charge on any atom is 0.273 e. The Morgan fingerprint density at radius 2 is 1.79 bits per heavy atom. The van der Waals surface area contributed by atoms with Crippen molar-refractivity contribution in [2.24, 2.45) is 0 Å². The molecule has 0 radical (unpaired) electrons. The third kappa shape index (κ3) is 3.53. The lowest BCUT2D eigenvalue weighted by atomic mass is 10.2. The van der Waals surface area contributed by atoms with Crippen LogP contribution in [0.15, 0.2) is 53.4 Å². The Hall–Kier alpha value is -2.35. The van der Waals surface area contributed by atoms with Crippen LogP contribution in [0, 0.1) is 0 Å². The topological polar surface area (TPSA) is 82.3 Å². The van der Waals surface area contributed by atoms with Crippen LogP contribution in [0.25, 0.3) is 10.9 Å². The fraction of sp³-hybridized carbons (Fsp3) is 0.250. The van der Waals surface area contributed by atoms with Crippen molar-refractivity contribution in [2.75, 3.05) is 18.4 Å². The number of hydrogen-bond donors (Lipinski definition) is 2. The van der Waals surface area contributed by atoms with Gasteiger partial charge in [0.25, 0.3) is 5.91 Å². The zero-order valence-corrected chi connectivity index (χ0v) is 16.7. The summed E-state index contributed by atoms with van der Waals surface area (Å²) in [7, 11) is -3.57. The number of para-hydroxylation sites is 1. The van der Waals surface area contributed by atoms with Crippen LogP contribution in [0.3, 0.4) is 0 Å². The summed E-state index contributed by atoms with van der Waals surface area (Å²) in [6, 6.07) is 13.7. The van der Waals surface area contributed by atoms with Gasteiger partial charge in [-0.1, -0.05) is 42.3 Å². The number of hydrogen-bond acceptors (Lipinski definition) is 3. The molecule has 1 aliphatic heterocycles. The summed E-state index contributed by atoms with van der Waals surface area (Å²) in [6.45, 7) is 1.06. The van der Waals surface area contributed by atoms with E-state index in [-0.39, 0.29) is 10.6 Å². The smallest absolute Gasteiger partial charge is 0.273 e. The van der Waals surface area contributed by atoms with Gasteiger partial charge in [-0.15, -0.1) is 0 Å². The van der Waals surface area contributed by atoms with E-state index >= 15 is 0 Å². The van der Waals surface area contributed by atoms with E-state index in [9.17, 15) is 13.2 Å². The first kappa shape index (κ1) is 19.0. The number of piperidine rings is 1. The third-order valence-electron chi connectivity index (χ3n) is 4.91. The lowest BCUT2D eigenvalue weighted by Gasteiger charge is -2.26. The van der Waals surface area contributed by atoms with Gasteiger partial charge in [0.2, 0.25) is 10.0 Å². The molecule has 4 rings (SSSR count). The van der Waals surface area contributed by atoms with Crippen LogP contribution in [-0.4, -0.2) is 36.7 Å². The van der Waals surface area contributed by atoms with Gasteiger partial charge < -0.3 is 10.3 Å². The minimum absolute atomic E-state index is 0.176. The van der Waals surface area contributed by atoms with Gasteiger partial charge in [-0.2, -0.15) is 4.31 Å². The molecule has 0 aliphatic carbocycles. The van der Waals surface area contributed by atoms with E-state index in [1.807, 2.05) is 24.3 Å². The Balaban J connectivity index is 1.59. The average molecular weight is 418 g/mol. The maximum atomic E-state index is 12.9. The number of nitrogens with zero attached hydrogens (tertiary/aromatic N) is 1.